The van der Waals surface area contributed by atoms with Crippen molar-refractivity contribution in [2.75, 3.05) is 0 Å². The molecule has 1 rings (SSSR count). The van der Waals surface area contributed by atoms with Gasteiger partial charge in [0, 0.05) is 0 Å². The summed E-state index contributed by atoms with van der Waals surface area (Å²) in [5, 5.41) is 17.7. The van der Waals surface area contributed by atoms with E-state index in [1.54, 1.807) is 12.2 Å². The zero-order valence-electron chi connectivity index (χ0n) is 8.80. The number of benzene rings is 1. The van der Waals surface area contributed by atoms with Crippen molar-refractivity contribution in [1.29, 1.82) is 0 Å². The molecular formula is C12H12O4. The van der Waals surface area contributed by atoms with E-state index < -0.39 is 11.9 Å². The average molecular weight is 220 g/mol. The van der Waals surface area contributed by atoms with Crippen molar-refractivity contribution in [3.05, 3.63) is 47.0 Å². The second-order valence-electron chi connectivity index (χ2n) is 3.26. The average Bonchev–Trinajstić information content (AvgIpc) is 2.25. The van der Waals surface area contributed by atoms with E-state index in [0.29, 0.717) is 12.0 Å². The molecule has 0 aliphatic heterocycles. The third kappa shape index (κ3) is 2.70. The van der Waals surface area contributed by atoms with Gasteiger partial charge in [-0.25, -0.2) is 9.59 Å². The van der Waals surface area contributed by atoms with Crippen molar-refractivity contribution >= 4 is 11.9 Å². The summed E-state index contributed by atoms with van der Waals surface area (Å²) >= 11 is 0. The van der Waals surface area contributed by atoms with Crippen molar-refractivity contribution < 1.29 is 19.8 Å². The molecule has 0 saturated carbocycles. The van der Waals surface area contributed by atoms with Gasteiger partial charge in [-0.05, 0) is 37.1 Å². The van der Waals surface area contributed by atoms with Gasteiger partial charge in [-0.1, -0.05) is 12.2 Å². The molecule has 16 heavy (non-hydrogen) atoms. The Morgan fingerprint density at radius 3 is 2.44 bits per heavy atom. The number of hydrogen-bond donors (Lipinski definition) is 2. The molecule has 84 valence electrons. The van der Waals surface area contributed by atoms with Crippen molar-refractivity contribution in [2.45, 2.75) is 13.3 Å². The zero-order valence-corrected chi connectivity index (χ0v) is 8.80. The summed E-state index contributed by atoms with van der Waals surface area (Å²) in [6.45, 7) is 1.82. The Labute approximate surface area is 92.8 Å². The normalized spacial score (nSPS) is 10.6. The molecule has 0 spiro atoms. The van der Waals surface area contributed by atoms with Crippen LogP contribution in [0.5, 0.6) is 0 Å². The highest BCUT2D eigenvalue weighted by atomic mass is 16.4. The maximum atomic E-state index is 10.9. The fourth-order valence-corrected chi connectivity index (χ4v) is 1.35. The molecule has 4 heteroatoms. The molecule has 0 aliphatic carbocycles. The Hall–Kier alpha value is -2.10. The van der Waals surface area contributed by atoms with Crippen LogP contribution < -0.4 is 0 Å². The van der Waals surface area contributed by atoms with Gasteiger partial charge in [-0.15, -0.1) is 0 Å². The van der Waals surface area contributed by atoms with Crippen LogP contribution in [0.2, 0.25) is 0 Å². The molecule has 0 bridgehead atoms. The molecule has 0 aliphatic rings. The number of carboxylic acid groups (broad SMARTS) is 2. The first-order valence-electron chi connectivity index (χ1n) is 4.77. The van der Waals surface area contributed by atoms with Crippen LogP contribution in [0.4, 0.5) is 0 Å². The van der Waals surface area contributed by atoms with E-state index in [1.165, 1.54) is 18.2 Å². The van der Waals surface area contributed by atoms with E-state index in [9.17, 15) is 9.59 Å². The molecule has 4 nitrogen and oxygen atoms in total. The molecule has 0 atom stereocenters. The molecule has 0 saturated heterocycles. The molecule has 0 heterocycles. The fraction of sp³-hybridized carbons (Fsp3) is 0.167. The van der Waals surface area contributed by atoms with E-state index in [0.717, 1.165) is 0 Å². The van der Waals surface area contributed by atoms with Gasteiger partial charge in [0.1, 0.15) is 0 Å². The molecule has 0 aromatic heterocycles. The highest BCUT2D eigenvalue weighted by Gasteiger charge is 2.12. The summed E-state index contributed by atoms with van der Waals surface area (Å²) in [7, 11) is 0. The van der Waals surface area contributed by atoms with Crippen LogP contribution in [-0.2, 0) is 6.42 Å². The van der Waals surface area contributed by atoms with E-state index in [1.807, 2.05) is 6.92 Å². The lowest BCUT2D eigenvalue weighted by molar-refractivity contribution is 0.0680. The largest absolute Gasteiger partial charge is 0.478 e. The third-order valence-electron chi connectivity index (χ3n) is 2.16. The standard InChI is InChI=1S/C12H12O4/c1-2-3-4-8-7-9(11(13)14)5-6-10(8)12(15)16/h2-3,5-7H,4H2,1H3,(H,13,14)(H,15,16)/b3-2+. The lowest BCUT2D eigenvalue weighted by Crippen LogP contribution is -2.05. The topological polar surface area (TPSA) is 74.6 Å². The van der Waals surface area contributed by atoms with Gasteiger partial charge in [0.05, 0.1) is 11.1 Å². The lowest BCUT2D eigenvalue weighted by atomic mass is 10.0. The Bertz CT molecular complexity index is 446. The summed E-state index contributed by atoms with van der Waals surface area (Å²) in [4.78, 5) is 21.6. The third-order valence-corrected chi connectivity index (χ3v) is 2.16. The molecule has 0 radical (unpaired) electrons. The smallest absolute Gasteiger partial charge is 0.335 e. The van der Waals surface area contributed by atoms with Crippen LogP contribution in [0.3, 0.4) is 0 Å². The van der Waals surface area contributed by atoms with E-state index in [-0.39, 0.29) is 11.1 Å². The first-order valence-corrected chi connectivity index (χ1v) is 4.77. The molecule has 0 amide bonds. The summed E-state index contributed by atoms with van der Waals surface area (Å²) in [5.74, 6) is -2.10. The number of carboxylic acids is 2. The van der Waals surface area contributed by atoms with Gasteiger partial charge in [0.25, 0.3) is 0 Å². The summed E-state index contributed by atoms with van der Waals surface area (Å²) in [6.07, 6.45) is 3.99. The minimum atomic E-state index is -1.06. The molecule has 0 unspecified atom stereocenters. The van der Waals surface area contributed by atoms with Crippen LogP contribution in [0.15, 0.2) is 30.4 Å². The first-order chi connectivity index (χ1) is 7.56. The monoisotopic (exact) mass is 220 g/mol. The number of rotatable bonds is 4. The van der Waals surface area contributed by atoms with Gasteiger partial charge in [-0.3, -0.25) is 0 Å². The van der Waals surface area contributed by atoms with Crippen LogP contribution in [0, 0.1) is 0 Å². The molecule has 1 aromatic carbocycles. The van der Waals surface area contributed by atoms with Crippen molar-refractivity contribution in [3.8, 4) is 0 Å². The Morgan fingerprint density at radius 1 is 1.25 bits per heavy atom. The van der Waals surface area contributed by atoms with Crippen molar-refractivity contribution in [1.82, 2.24) is 0 Å². The van der Waals surface area contributed by atoms with Gasteiger partial charge >= 0.3 is 11.9 Å². The van der Waals surface area contributed by atoms with Gasteiger partial charge in [0.2, 0.25) is 0 Å². The minimum absolute atomic E-state index is 0.101. The minimum Gasteiger partial charge on any atom is -0.478 e. The van der Waals surface area contributed by atoms with E-state index >= 15 is 0 Å². The maximum absolute atomic E-state index is 10.9. The maximum Gasteiger partial charge on any atom is 0.335 e. The second-order valence-corrected chi connectivity index (χ2v) is 3.26. The first kappa shape index (κ1) is 12.0. The number of aromatic carboxylic acids is 2. The lowest BCUT2D eigenvalue weighted by Gasteiger charge is -2.04. The van der Waals surface area contributed by atoms with E-state index in [4.69, 9.17) is 10.2 Å². The molecule has 2 N–H and O–H groups in total. The van der Waals surface area contributed by atoms with Crippen molar-refractivity contribution in [3.63, 3.8) is 0 Å². The highest BCUT2D eigenvalue weighted by molar-refractivity contribution is 5.93. The zero-order chi connectivity index (χ0) is 12.1. The van der Waals surface area contributed by atoms with Crippen LogP contribution in [0.25, 0.3) is 0 Å². The SMILES string of the molecule is C/C=C/Cc1cc(C(=O)O)ccc1C(=O)O. The Morgan fingerprint density at radius 2 is 1.94 bits per heavy atom. The fourth-order valence-electron chi connectivity index (χ4n) is 1.35. The van der Waals surface area contributed by atoms with Crippen LogP contribution in [-0.4, -0.2) is 22.2 Å². The summed E-state index contributed by atoms with van der Waals surface area (Å²) in [6, 6.07) is 4.02. The number of carbonyl (C=O) groups is 2. The van der Waals surface area contributed by atoms with Gasteiger partial charge in [-0.2, -0.15) is 0 Å². The number of allylic oxidation sites excluding steroid dienone is 2. The summed E-state index contributed by atoms with van der Waals surface area (Å²) < 4.78 is 0. The quantitative estimate of drug-likeness (QED) is 0.763. The highest BCUT2D eigenvalue weighted by Crippen LogP contribution is 2.14. The molecule has 0 fully saturated rings. The van der Waals surface area contributed by atoms with Crippen molar-refractivity contribution in [2.24, 2.45) is 0 Å². The predicted molar refractivity (Wildman–Crippen MR) is 58.9 cm³/mol. The molecule has 1 aromatic rings. The van der Waals surface area contributed by atoms with Gasteiger partial charge in [0.15, 0.2) is 0 Å². The van der Waals surface area contributed by atoms with Gasteiger partial charge < -0.3 is 10.2 Å². The second kappa shape index (κ2) is 5.11. The van der Waals surface area contributed by atoms with Crippen LogP contribution >= 0.6 is 0 Å². The number of hydrogen-bond acceptors (Lipinski definition) is 2. The summed E-state index contributed by atoms with van der Waals surface area (Å²) in [5.41, 5.74) is 0.748. The van der Waals surface area contributed by atoms with E-state index in [2.05, 4.69) is 0 Å². The Balaban J connectivity index is 3.20. The Kier molecular flexibility index (Phi) is 3.83. The van der Waals surface area contributed by atoms with Crippen LogP contribution in [0.1, 0.15) is 33.2 Å². The predicted octanol–water partition coefficient (Wildman–Crippen LogP) is 2.20. The molecular weight excluding hydrogens is 208 g/mol.